The molecule has 2 heterocycles. The van der Waals surface area contributed by atoms with Gasteiger partial charge in [-0.25, -0.2) is 0 Å². The van der Waals surface area contributed by atoms with Gasteiger partial charge in [0.1, 0.15) is 11.6 Å². The van der Waals surface area contributed by atoms with Gasteiger partial charge in [-0.3, -0.25) is 14.4 Å². The van der Waals surface area contributed by atoms with Crippen molar-refractivity contribution in [2.24, 2.45) is 5.92 Å². The molecule has 7 heteroatoms. The number of amides is 3. The van der Waals surface area contributed by atoms with E-state index in [0.717, 1.165) is 71.0 Å². The average Bonchev–Trinajstić information content (AvgIpc) is 2.94. The molecular weight excluding hydrogens is 464 g/mol. The maximum atomic E-state index is 13.5. The number of unbranched alkanes of at least 4 members (excludes halogenated alkanes) is 1. The van der Waals surface area contributed by atoms with Gasteiger partial charge in [-0.2, -0.15) is 0 Å². The molecule has 7 nitrogen and oxygen atoms in total. The first kappa shape index (κ1) is 27.6. The third-order valence-electron chi connectivity index (χ3n) is 8.69. The number of hydrogen-bond acceptors (Lipinski definition) is 4. The van der Waals surface area contributed by atoms with Gasteiger partial charge in [0.25, 0.3) is 0 Å². The molecular formula is C30H46N4O3. The van der Waals surface area contributed by atoms with E-state index in [1.165, 1.54) is 12.0 Å². The molecule has 37 heavy (non-hydrogen) atoms. The fourth-order valence-electron chi connectivity index (χ4n) is 6.39. The van der Waals surface area contributed by atoms with Gasteiger partial charge < -0.3 is 20.4 Å². The minimum absolute atomic E-state index is 0.0267. The smallest absolute Gasteiger partial charge is 0.246 e. The summed E-state index contributed by atoms with van der Waals surface area (Å²) in [5, 5.41) is 6.19. The van der Waals surface area contributed by atoms with E-state index < -0.39 is 11.6 Å². The van der Waals surface area contributed by atoms with Crippen molar-refractivity contribution >= 4 is 17.7 Å². The lowest BCUT2D eigenvalue weighted by atomic mass is 9.81. The molecule has 0 radical (unpaired) electrons. The molecule has 0 bridgehead atoms. The molecule has 0 unspecified atom stereocenters. The minimum atomic E-state index is -0.708. The predicted molar refractivity (Wildman–Crippen MR) is 146 cm³/mol. The second-order valence-corrected chi connectivity index (χ2v) is 11.2. The standard InChI is InChI=1S/C30H46N4O3/c1-2-20-34-28(36)26(15-9-10-19-31-27(35)25-13-7-4-8-14-25)32-29(37)30(34)17-22-33(23-18-30)21-16-24-11-5-3-6-12-24/h3,5-6,11-12,25-26H,2,4,7-10,13-23H2,1H3,(H,31,35)(H,32,37)/t26-/m0/s1. The van der Waals surface area contributed by atoms with Gasteiger partial charge >= 0.3 is 0 Å². The summed E-state index contributed by atoms with van der Waals surface area (Å²) in [5.41, 5.74) is 0.623. The van der Waals surface area contributed by atoms with Crippen LogP contribution in [0.2, 0.25) is 0 Å². The largest absolute Gasteiger partial charge is 0.356 e. The van der Waals surface area contributed by atoms with Gasteiger partial charge in [-0.05, 0) is 63.4 Å². The van der Waals surface area contributed by atoms with Crippen LogP contribution in [0.5, 0.6) is 0 Å². The summed E-state index contributed by atoms with van der Waals surface area (Å²) in [5.74, 6) is 0.466. The van der Waals surface area contributed by atoms with Crippen molar-refractivity contribution in [3.8, 4) is 0 Å². The first-order valence-electron chi connectivity index (χ1n) is 14.7. The maximum Gasteiger partial charge on any atom is 0.246 e. The summed E-state index contributed by atoms with van der Waals surface area (Å²) >= 11 is 0. The van der Waals surface area contributed by atoms with Crippen molar-refractivity contribution in [2.45, 2.75) is 95.6 Å². The van der Waals surface area contributed by atoms with E-state index in [4.69, 9.17) is 0 Å². The highest BCUT2D eigenvalue weighted by molar-refractivity contribution is 6.00. The van der Waals surface area contributed by atoms with Crippen LogP contribution >= 0.6 is 0 Å². The molecule has 3 aliphatic rings. The second kappa shape index (κ2) is 13.4. The summed E-state index contributed by atoms with van der Waals surface area (Å²) in [4.78, 5) is 43.7. The minimum Gasteiger partial charge on any atom is -0.356 e. The fourth-order valence-corrected chi connectivity index (χ4v) is 6.39. The Morgan fingerprint density at radius 3 is 2.46 bits per heavy atom. The fraction of sp³-hybridized carbons (Fsp3) is 0.700. The molecule has 4 rings (SSSR count). The van der Waals surface area contributed by atoms with E-state index >= 15 is 0 Å². The number of benzene rings is 1. The third kappa shape index (κ3) is 6.92. The van der Waals surface area contributed by atoms with Crippen LogP contribution < -0.4 is 10.6 Å². The molecule has 0 aromatic heterocycles. The molecule has 1 atom stereocenters. The Bertz CT molecular complexity index is 891. The number of piperazine rings is 1. The zero-order chi connectivity index (χ0) is 26.1. The van der Waals surface area contributed by atoms with Crippen LogP contribution in [0.4, 0.5) is 0 Å². The Labute approximate surface area is 222 Å². The van der Waals surface area contributed by atoms with Gasteiger partial charge in [0.05, 0.1) is 0 Å². The van der Waals surface area contributed by atoms with Crippen LogP contribution in [0.25, 0.3) is 0 Å². The van der Waals surface area contributed by atoms with Gasteiger partial charge in [-0.15, -0.1) is 0 Å². The summed E-state index contributed by atoms with van der Waals surface area (Å²) < 4.78 is 0. The van der Waals surface area contributed by atoms with Gasteiger partial charge in [0.15, 0.2) is 0 Å². The number of carbonyl (C=O) groups is 3. The van der Waals surface area contributed by atoms with Crippen molar-refractivity contribution in [1.29, 1.82) is 0 Å². The van der Waals surface area contributed by atoms with Crippen molar-refractivity contribution < 1.29 is 14.4 Å². The van der Waals surface area contributed by atoms with Crippen LogP contribution in [0, 0.1) is 5.92 Å². The number of carbonyl (C=O) groups excluding carboxylic acids is 3. The molecule has 1 aromatic rings. The number of nitrogens with zero attached hydrogens (tertiary/aromatic N) is 2. The lowest BCUT2D eigenvalue weighted by Crippen LogP contribution is -2.72. The molecule has 3 amide bonds. The lowest BCUT2D eigenvalue weighted by molar-refractivity contribution is -0.161. The molecule has 204 valence electrons. The Hall–Kier alpha value is -2.41. The first-order chi connectivity index (χ1) is 18.0. The van der Waals surface area contributed by atoms with Crippen molar-refractivity contribution in [3.63, 3.8) is 0 Å². The molecule has 1 aromatic carbocycles. The second-order valence-electron chi connectivity index (χ2n) is 11.2. The van der Waals surface area contributed by atoms with E-state index in [9.17, 15) is 14.4 Å². The summed E-state index contributed by atoms with van der Waals surface area (Å²) in [6.07, 6.45) is 11.1. The Morgan fingerprint density at radius 1 is 1.03 bits per heavy atom. The van der Waals surface area contributed by atoms with Crippen LogP contribution in [0.1, 0.15) is 83.1 Å². The number of hydrogen-bond donors (Lipinski definition) is 2. The lowest BCUT2D eigenvalue weighted by Gasteiger charge is -2.51. The summed E-state index contributed by atoms with van der Waals surface area (Å²) in [6.45, 7) is 5.99. The van der Waals surface area contributed by atoms with E-state index in [1.807, 2.05) is 11.0 Å². The van der Waals surface area contributed by atoms with E-state index in [1.54, 1.807) is 0 Å². The number of likely N-dealkylation sites (tertiary alicyclic amines) is 1. The van der Waals surface area contributed by atoms with Crippen LogP contribution in [-0.2, 0) is 20.8 Å². The van der Waals surface area contributed by atoms with Crippen LogP contribution in [0.15, 0.2) is 30.3 Å². The zero-order valence-electron chi connectivity index (χ0n) is 22.7. The topological polar surface area (TPSA) is 81.8 Å². The highest BCUT2D eigenvalue weighted by atomic mass is 16.2. The van der Waals surface area contributed by atoms with Gasteiger partial charge in [0.2, 0.25) is 17.7 Å². The molecule has 3 fully saturated rings. The number of rotatable bonds is 11. The van der Waals surface area contributed by atoms with Crippen LogP contribution in [0.3, 0.4) is 0 Å². The molecule has 2 N–H and O–H groups in total. The third-order valence-corrected chi connectivity index (χ3v) is 8.69. The monoisotopic (exact) mass is 510 g/mol. The van der Waals surface area contributed by atoms with E-state index in [0.29, 0.717) is 32.4 Å². The highest BCUT2D eigenvalue weighted by Gasteiger charge is 2.52. The summed E-state index contributed by atoms with van der Waals surface area (Å²) in [6, 6.07) is 10.1. The first-order valence-corrected chi connectivity index (χ1v) is 14.7. The SMILES string of the molecule is CCCN1C(=O)[C@H](CCCCNC(=O)C2CCCCC2)NC(=O)C12CCN(CCc1ccccc1)CC2. The Morgan fingerprint density at radius 2 is 1.76 bits per heavy atom. The molecule has 2 aliphatic heterocycles. The molecule has 1 spiro atoms. The normalized spacial score (nSPS) is 22.7. The van der Waals surface area contributed by atoms with Crippen molar-refractivity contribution in [2.75, 3.05) is 32.7 Å². The Balaban J connectivity index is 1.24. The zero-order valence-corrected chi connectivity index (χ0v) is 22.7. The van der Waals surface area contributed by atoms with E-state index in [-0.39, 0.29) is 23.6 Å². The predicted octanol–water partition coefficient (Wildman–Crippen LogP) is 3.67. The van der Waals surface area contributed by atoms with Gasteiger partial charge in [-0.1, -0.05) is 56.5 Å². The highest BCUT2D eigenvalue weighted by Crippen LogP contribution is 2.34. The van der Waals surface area contributed by atoms with Crippen LogP contribution in [-0.4, -0.2) is 71.8 Å². The summed E-state index contributed by atoms with van der Waals surface area (Å²) in [7, 11) is 0. The van der Waals surface area contributed by atoms with E-state index in [2.05, 4.69) is 46.7 Å². The Kier molecular flexibility index (Phi) is 10.0. The maximum absolute atomic E-state index is 13.5. The van der Waals surface area contributed by atoms with Gasteiger partial charge in [0, 0.05) is 38.6 Å². The average molecular weight is 511 g/mol. The molecule has 1 saturated carbocycles. The van der Waals surface area contributed by atoms with Crippen molar-refractivity contribution in [3.05, 3.63) is 35.9 Å². The quantitative estimate of drug-likeness (QED) is 0.445. The molecule has 2 saturated heterocycles. The number of nitrogens with one attached hydrogen (secondary N) is 2. The van der Waals surface area contributed by atoms with Crippen molar-refractivity contribution in [1.82, 2.24) is 20.4 Å². The molecule has 1 aliphatic carbocycles. The number of piperidine rings is 1.